The summed E-state index contributed by atoms with van der Waals surface area (Å²) < 4.78 is 24.0. The van der Waals surface area contributed by atoms with E-state index in [1.165, 1.54) is 18.2 Å². The fraction of sp³-hybridized carbons (Fsp3) is 0.120. The van der Waals surface area contributed by atoms with E-state index in [1.807, 2.05) is 24.3 Å². The van der Waals surface area contributed by atoms with Gasteiger partial charge in [-0.2, -0.15) is 5.10 Å². The molecule has 2 heterocycles. The number of fused-ring (bicyclic) bond motifs is 1. The number of hydrogen-bond acceptors (Lipinski definition) is 6. The van der Waals surface area contributed by atoms with Crippen LogP contribution in [0.1, 0.15) is 33.2 Å². The van der Waals surface area contributed by atoms with E-state index in [-0.39, 0.29) is 28.7 Å². The van der Waals surface area contributed by atoms with Crippen LogP contribution >= 0.6 is 15.9 Å². The van der Waals surface area contributed by atoms with Gasteiger partial charge in [-0.25, -0.2) is 13.6 Å². The summed E-state index contributed by atoms with van der Waals surface area (Å²) in [5.74, 6) is -0.324. The molecular weight excluding hydrogens is 562 g/mol. The molecule has 10 nitrogen and oxygen atoms in total. The van der Waals surface area contributed by atoms with Gasteiger partial charge in [-0.05, 0) is 42.3 Å². The Kier molecular flexibility index (Phi) is 6.40. The minimum absolute atomic E-state index is 0.00789. The Labute approximate surface area is 220 Å². The number of carbonyl (C=O) groups is 1. The third-order valence-electron chi connectivity index (χ3n) is 6.30. The summed E-state index contributed by atoms with van der Waals surface area (Å²) in [5, 5.41) is 24.3. The number of nitro groups is 1. The molecule has 1 amide bonds. The molecule has 1 atom stereocenters. The van der Waals surface area contributed by atoms with Crippen molar-refractivity contribution in [1.82, 2.24) is 15.1 Å². The zero-order valence-corrected chi connectivity index (χ0v) is 21.6. The summed E-state index contributed by atoms with van der Waals surface area (Å²) in [6.07, 6.45) is 0.388. The molecule has 0 bridgehead atoms. The van der Waals surface area contributed by atoms with Crippen molar-refractivity contribution in [3.05, 3.63) is 110 Å². The maximum Gasteiger partial charge on any atom is 0.275 e. The molecule has 0 saturated heterocycles. The number of amides is 1. The minimum Gasteiger partial charge on any atom is -0.325 e. The van der Waals surface area contributed by atoms with Gasteiger partial charge in [0.25, 0.3) is 11.6 Å². The van der Waals surface area contributed by atoms with Gasteiger partial charge in [-0.3, -0.25) is 20.0 Å². The number of halogens is 1. The number of rotatable bonds is 7. The van der Waals surface area contributed by atoms with Crippen LogP contribution in [0.5, 0.6) is 0 Å². The van der Waals surface area contributed by atoms with Crippen LogP contribution in [0, 0.1) is 10.1 Å². The van der Waals surface area contributed by atoms with Crippen molar-refractivity contribution in [2.45, 2.75) is 17.4 Å². The molecular formula is C25H20BrN5O5S. The van der Waals surface area contributed by atoms with Crippen LogP contribution in [0.25, 0.3) is 11.3 Å². The molecule has 5 rings (SSSR count). The Morgan fingerprint density at radius 1 is 1.05 bits per heavy atom. The lowest BCUT2D eigenvalue weighted by Crippen LogP contribution is -2.32. The summed E-state index contributed by atoms with van der Waals surface area (Å²) >= 11 is 3.42. The monoisotopic (exact) mass is 581 g/mol. The molecule has 1 unspecified atom stereocenters. The molecule has 3 aromatic carbocycles. The van der Waals surface area contributed by atoms with Crippen molar-refractivity contribution in [3.63, 3.8) is 0 Å². The van der Waals surface area contributed by atoms with Gasteiger partial charge in [0.1, 0.15) is 5.69 Å². The lowest BCUT2D eigenvalue weighted by Gasteiger charge is -2.26. The first-order chi connectivity index (χ1) is 17.6. The van der Waals surface area contributed by atoms with Crippen LogP contribution in [0.15, 0.2) is 82.2 Å². The molecule has 1 aromatic heterocycles. The second-order valence-corrected chi connectivity index (χ2v) is 11.0. The summed E-state index contributed by atoms with van der Waals surface area (Å²) in [6, 6.07) is 19.1. The molecule has 0 saturated carbocycles. The van der Waals surface area contributed by atoms with Gasteiger partial charge >= 0.3 is 0 Å². The first kappa shape index (κ1) is 24.8. The van der Waals surface area contributed by atoms with Crippen molar-refractivity contribution >= 4 is 37.5 Å². The van der Waals surface area contributed by atoms with Gasteiger partial charge in [0.2, 0.25) is 10.0 Å². The number of para-hydroxylation sites is 1. The van der Waals surface area contributed by atoms with Crippen LogP contribution < -0.4 is 5.14 Å². The van der Waals surface area contributed by atoms with Gasteiger partial charge in [0.05, 0.1) is 27.1 Å². The molecule has 12 heteroatoms. The van der Waals surface area contributed by atoms with Gasteiger partial charge in [-0.15, -0.1) is 0 Å². The summed E-state index contributed by atoms with van der Waals surface area (Å²) in [6.45, 7) is 0.229. The third kappa shape index (κ3) is 4.66. The van der Waals surface area contributed by atoms with Crippen molar-refractivity contribution in [1.29, 1.82) is 0 Å². The average molecular weight is 582 g/mol. The standard InChI is InChI=1S/C25H20BrN5O5S/c26-17-9-7-16(8-10-17)22-21-23(29-28-22)25(32)30(24(21)19-3-1-2-4-20(19)31(33)34)14-13-15-5-11-18(12-6-15)37(27,35)36/h1-12,24H,13-14H2,(H,28,29)(H2,27,35,36). The number of sulfonamides is 1. The SMILES string of the molecule is NS(=O)(=O)c1ccc(CCN2C(=O)c3[nH]nc(-c4ccc(Br)cc4)c3C2c2ccccc2[N+](=O)[O-])cc1. The fourth-order valence-electron chi connectivity index (χ4n) is 4.56. The smallest absolute Gasteiger partial charge is 0.275 e. The molecule has 0 aliphatic carbocycles. The fourth-order valence-corrected chi connectivity index (χ4v) is 5.34. The molecule has 0 spiro atoms. The van der Waals surface area contributed by atoms with Crippen LogP contribution in [-0.2, 0) is 16.4 Å². The Morgan fingerprint density at radius 2 is 1.73 bits per heavy atom. The van der Waals surface area contributed by atoms with Crippen LogP contribution in [0.2, 0.25) is 0 Å². The molecule has 0 radical (unpaired) electrons. The van der Waals surface area contributed by atoms with E-state index < -0.39 is 21.0 Å². The predicted molar refractivity (Wildman–Crippen MR) is 139 cm³/mol. The minimum atomic E-state index is -3.82. The van der Waals surface area contributed by atoms with E-state index in [4.69, 9.17) is 5.14 Å². The number of benzene rings is 3. The van der Waals surface area contributed by atoms with Gasteiger partial charge in [0.15, 0.2) is 0 Å². The Balaban J connectivity index is 1.56. The number of primary sulfonamides is 1. The van der Waals surface area contributed by atoms with Gasteiger partial charge in [-0.1, -0.05) is 52.3 Å². The van der Waals surface area contributed by atoms with E-state index in [1.54, 1.807) is 35.2 Å². The maximum atomic E-state index is 13.5. The molecule has 1 aliphatic rings. The summed E-state index contributed by atoms with van der Waals surface area (Å²) in [4.78, 5) is 26.6. The number of aromatic nitrogens is 2. The largest absolute Gasteiger partial charge is 0.325 e. The first-order valence-electron chi connectivity index (χ1n) is 11.2. The normalized spacial score (nSPS) is 15.1. The predicted octanol–water partition coefficient (Wildman–Crippen LogP) is 4.18. The molecule has 188 valence electrons. The zero-order valence-electron chi connectivity index (χ0n) is 19.2. The third-order valence-corrected chi connectivity index (χ3v) is 7.76. The molecule has 4 aromatic rings. The Hall–Kier alpha value is -3.87. The number of aromatic amines is 1. The number of nitrogens with two attached hydrogens (primary N) is 1. The number of hydrogen-bond donors (Lipinski definition) is 2. The lowest BCUT2D eigenvalue weighted by molar-refractivity contribution is -0.385. The highest BCUT2D eigenvalue weighted by Gasteiger charge is 2.44. The second kappa shape index (κ2) is 9.54. The van der Waals surface area contributed by atoms with Crippen LogP contribution in [0.4, 0.5) is 5.69 Å². The van der Waals surface area contributed by atoms with E-state index in [0.29, 0.717) is 23.2 Å². The topological polar surface area (TPSA) is 152 Å². The molecule has 37 heavy (non-hydrogen) atoms. The van der Waals surface area contributed by atoms with E-state index in [9.17, 15) is 23.3 Å². The van der Waals surface area contributed by atoms with Crippen molar-refractivity contribution < 1.29 is 18.1 Å². The molecule has 0 fully saturated rings. The number of nitrogens with one attached hydrogen (secondary N) is 1. The molecule has 1 aliphatic heterocycles. The number of nitrogens with zero attached hydrogens (tertiary/aromatic N) is 3. The van der Waals surface area contributed by atoms with Crippen LogP contribution in [0.3, 0.4) is 0 Å². The van der Waals surface area contributed by atoms with Crippen molar-refractivity contribution in [3.8, 4) is 11.3 Å². The maximum absolute atomic E-state index is 13.5. The van der Waals surface area contributed by atoms with Gasteiger partial charge in [0, 0.05) is 28.2 Å². The second-order valence-electron chi connectivity index (χ2n) is 8.52. The van der Waals surface area contributed by atoms with Crippen molar-refractivity contribution in [2.75, 3.05) is 6.54 Å². The van der Waals surface area contributed by atoms with E-state index in [2.05, 4.69) is 26.1 Å². The Bertz CT molecular complexity index is 1620. The summed E-state index contributed by atoms with van der Waals surface area (Å²) in [7, 11) is -3.82. The zero-order chi connectivity index (χ0) is 26.3. The summed E-state index contributed by atoms with van der Waals surface area (Å²) in [5.41, 5.74) is 3.22. The number of nitro benzene ring substituents is 1. The van der Waals surface area contributed by atoms with Crippen LogP contribution in [-0.4, -0.2) is 40.9 Å². The highest BCUT2D eigenvalue weighted by Crippen LogP contribution is 2.45. The highest BCUT2D eigenvalue weighted by atomic mass is 79.9. The molecule has 3 N–H and O–H groups in total. The average Bonchev–Trinajstić information content (AvgIpc) is 3.41. The number of H-pyrrole nitrogens is 1. The quantitative estimate of drug-likeness (QED) is 0.246. The lowest BCUT2D eigenvalue weighted by atomic mass is 9.94. The Morgan fingerprint density at radius 3 is 2.38 bits per heavy atom. The first-order valence-corrected chi connectivity index (χ1v) is 13.5. The van der Waals surface area contributed by atoms with Crippen molar-refractivity contribution in [2.24, 2.45) is 5.14 Å². The van der Waals surface area contributed by atoms with Gasteiger partial charge < -0.3 is 4.90 Å². The highest BCUT2D eigenvalue weighted by molar-refractivity contribution is 9.10. The van der Waals surface area contributed by atoms with E-state index in [0.717, 1.165) is 15.6 Å². The number of carbonyl (C=O) groups excluding carboxylic acids is 1. The van der Waals surface area contributed by atoms with E-state index >= 15 is 0 Å².